The Kier molecular flexibility index (Phi) is 4.48. The topological polar surface area (TPSA) is 77.2 Å². The lowest BCUT2D eigenvalue weighted by Gasteiger charge is -2.06. The van der Waals surface area contributed by atoms with Crippen molar-refractivity contribution >= 4 is 38.8 Å². The van der Waals surface area contributed by atoms with Gasteiger partial charge in [0.25, 0.3) is 5.91 Å². The number of aromatic nitrogens is 1. The molecule has 6 heteroatoms. The van der Waals surface area contributed by atoms with E-state index in [0.29, 0.717) is 16.9 Å². The Hall–Kier alpha value is -3.38. The molecule has 0 fully saturated rings. The number of rotatable bonds is 4. The van der Waals surface area contributed by atoms with Crippen LogP contribution >= 0.6 is 11.3 Å². The number of ether oxygens (including phenoxy) is 1. The third kappa shape index (κ3) is 3.61. The van der Waals surface area contributed by atoms with Gasteiger partial charge < -0.3 is 15.8 Å². The Morgan fingerprint density at radius 3 is 2.63 bits per heavy atom. The van der Waals surface area contributed by atoms with Gasteiger partial charge in [-0.3, -0.25) is 4.79 Å². The lowest BCUT2D eigenvalue weighted by Crippen LogP contribution is -2.11. The van der Waals surface area contributed by atoms with Gasteiger partial charge in [-0.05, 0) is 60.7 Å². The normalized spacial score (nSPS) is 10.7. The second-order valence-electron chi connectivity index (χ2n) is 6.01. The molecule has 0 saturated heterocycles. The van der Waals surface area contributed by atoms with Crippen LogP contribution < -0.4 is 15.8 Å². The maximum Gasteiger partial charge on any atom is 0.255 e. The first kappa shape index (κ1) is 17.1. The molecule has 0 saturated carbocycles. The lowest BCUT2D eigenvalue weighted by atomic mass is 10.1. The highest BCUT2D eigenvalue weighted by atomic mass is 32.1. The van der Waals surface area contributed by atoms with Gasteiger partial charge in [-0.15, -0.1) is 11.3 Å². The van der Waals surface area contributed by atoms with E-state index in [1.165, 1.54) is 0 Å². The number of fused-ring (bicyclic) bond motifs is 1. The van der Waals surface area contributed by atoms with Gasteiger partial charge in [0.15, 0.2) is 0 Å². The number of amides is 1. The van der Waals surface area contributed by atoms with Crippen molar-refractivity contribution in [3.8, 4) is 16.3 Å². The molecule has 0 unspecified atom stereocenters. The number of nitrogens with one attached hydrogen (secondary N) is 1. The molecular formula is C21H17N3O2S. The Morgan fingerprint density at radius 2 is 1.89 bits per heavy atom. The van der Waals surface area contributed by atoms with Crippen molar-refractivity contribution in [3.05, 3.63) is 72.3 Å². The average Bonchev–Trinajstić information content (AvgIpc) is 3.11. The van der Waals surface area contributed by atoms with Crippen LogP contribution in [-0.2, 0) is 0 Å². The van der Waals surface area contributed by atoms with Crippen LogP contribution in [0, 0.1) is 0 Å². The fraction of sp³-hybridized carbons (Fsp3) is 0.0476. The molecular weight excluding hydrogens is 358 g/mol. The van der Waals surface area contributed by atoms with Crippen LogP contribution in [-0.4, -0.2) is 18.0 Å². The van der Waals surface area contributed by atoms with Gasteiger partial charge in [0.1, 0.15) is 10.8 Å². The van der Waals surface area contributed by atoms with Gasteiger partial charge in [-0.25, -0.2) is 4.98 Å². The number of thiazole rings is 1. The minimum absolute atomic E-state index is 0.192. The summed E-state index contributed by atoms with van der Waals surface area (Å²) >= 11 is 1.61. The summed E-state index contributed by atoms with van der Waals surface area (Å²) in [5.41, 5.74) is 9.47. The molecule has 4 aromatic rings. The first-order valence-corrected chi connectivity index (χ1v) is 9.16. The first-order valence-electron chi connectivity index (χ1n) is 8.34. The van der Waals surface area contributed by atoms with Crippen molar-refractivity contribution in [2.24, 2.45) is 0 Å². The summed E-state index contributed by atoms with van der Waals surface area (Å²) in [6, 6.07) is 20.4. The molecule has 3 aromatic carbocycles. The van der Waals surface area contributed by atoms with Crippen LogP contribution in [0.15, 0.2) is 66.7 Å². The van der Waals surface area contributed by atoms with Crippen LogP contribution in [0.2, 0.25) is 0 Å². The molecule has 0 aliphatic heterocycles. The van der Waals surface area contributed by atoms with Crippen molar-refractivity contribution < 1.29 is 9.53 Å². The molecule has 134 valence electrons. The molecule has 1 heterocycles. The van der Waals surface area contributed by atoms with Gasteiger partial charge in [0, 0.05) is 22.5 Å². The predicted molar refractivity (Wildman–Crippen MR) is 110 cm³/mol. The number of hydrogen-bond acceptors (Lipinski definition) is 5. The molecule has 0 spiro atoms. The largest absolute Gasteiger partial charge is 0.497 e. The van der Waals surface area contributed by atoms with Crippen LogP contribution in [0.4, 0.5) is 11.4 Å². The molecule has 1 amide bonds. The summed E-state index contributed by atoms with van der Waals surface area (Å²) in [6.07, 6.45) is 0. The zero-order valence-electron chi connectivity index (χ0n) is 14.6. The van der Waals surface area contributed by atoms with Crippen molar-refractivity contribution in [2.75, 3.05) is 18.2 Å². The number of methoxy groups -OCH3 is 1. The molecule has 0 aliphatic rings. The van der Waals surface area contributed by atoms with Crippen LogP contribution in [0.3, 0.4) is 0 Å². The third-order valence-electron chi connectivity index (χ3n) is 4.13. The fourth-order valence-corrected chi connectivity index (χ4v) is 3.73. The van der Waals surface area contributed by atoms with Gasteiger partial charge in [-0.1, -0.05) is 6.07 Å². The quantitative estimate of drug-likeness (QED) is 0.502. The SMILES string of the molecule is COc1ccc2nc(-c3ccc(NC(=O)c4cccc(N)c4)cc3)sc2c1. The van der Waals surface area contributed by atoms with E-state index in [9.17, 15) is 4.79 Å². The third-order valence-corrected chi connectivity index (χ3v) is 5.20. The summed E-state index contributed by atoms with van der Waals surface area (Å²) < 4.78 is 6.34. The number of carbonyl (C=O) groups is 1. The van der Waals surface area contributed by atoms with E-state index in [4.69, 9.17) is 10.5 Å². The summed E-state index contributed by atoms with van der Waals surface area (Å²) in [5.74, 6) is 0.624. The van der Waals surface area contributed by atoms with Crippen LogP contribution in [0.25, 0.3) is 20.8 Å². The lowest BCUT2D eigenvalue weighted by molar-refractivity contribution is 0.102. The first-order chi connectivity index (χ1) is 13.1. The predicted octanol–water partition coefficient (Wildman–Crippen LogP) is 4.81. The van der Waals surface area contributed by atoms with E-state index in [0.717, 1.165) is 26.5 Å². The van der Waals surface area contributed by atoms with Crippen molar-refractivity contribution in [1.29, 1.82) is 0 Å². The minimum Gasteiger partial charge on any atom is -0.497 e. The van der Waals surface area contributed by atoms with Crippen LogP contribution in [0.1, 0.15) is 10.4 Å². The molecule has 4 rings (SSSR count). The van der Waals surface area contributed by atoms with Crippen molar-refractivity contribution in [3.63, 3.8) is 0 Å². The summed E-state index contributed by atoms with van der Waals surface area (Å²) in [6.45, 7) is 0. The molecule has 5 nitrogen and oxygen atoms in total. The highest BCUT2D eigenvalue weighted by molar-refractivity contribution is 7.21. The average molecular weight is 375 g/mol. The van der Waals surface area contributed by atoms with Gasteiger partial charge in [0.2, 0.25) is 0 Å². The highest BCUT2D eigenvalue weighted by Gasteiger charge is 2.09. The van der Waals surface area contributed by atoms with Crippen molar-refractivity contribution in [2.45, 2.75) is 0 Å². The van der Waals surface area contributed by atoms with Gasteiger partial charge >= 0.3 is 0 Å². The number of carbonyl (C=O) groups excluding carboxylic acids is 1. The molecule has 0 radical (unpaired) electrons. The Bertz CT molecular complexity index is 1120. The smallest absolute Gasteiger partial charge is 0.255 e. The molecule has 0 aliphatic carbocycles. The fourth-order valence-electron chi connectivity index (χ4n) is 2.73. The number of nitrogens with zero attached hydrogens (tertiary/aromatic N) is 1. The Morgan fingerprint density at radius 1 is 1.07 bits per heavy atom. The Labute approximate surface area is 160 Å². The number of anilines is 2. The van der Waals surface area contributed by atoms with Gasteiger partial charge in [0.05, 0.1) is 17.3 Å². The van der Waals surface area contributed by atoms with Gasteiger partial charge in [-0.2, -0.15) is 0 Å². The molecule has 0 bridgehead atoms. The maximum atomic E-state index is 12.3. The summed E-state index contributed by atoms with van der Waals surface area (Å²) in [7, 11) is 1.65. The number of nitrogens with two attached hydrogens (primary N) is 1. The summed E-state index contributed by atoms with van der Waals surface area (Å²) in [4.78, 5) is 17.0. The standard InChI is InChI=1S/C21H17N3O2S/c1-26-17-9-10-18-19(12-17)27-21(24-18)13-5-7-16(8-6-13)23-20(25)14-3-2-4-15(22)11-14/h2-12H,22H2,1H3,(H,23,25). The number of hydrogen-bond donors (Lipinski definition) is 2. The zero-order valence-corrected chi connectivity index (χ0v) is 15.4. The van der Waals surface area contributed by atoms with E-state index in [1.54, 1.807) is 42.7 Å². The second-order valence-corrected chi connectivity index (χ2v) is 7.04. The van der Waals surface area contributed by atoms with E-state index in [-0.39, 0.29) is 5.91 Å². The molecule has 27 heavy (non-hydrogen) atoms. The molecule has 0 atom stereocenters. The monoisotopic (exact) mass is 375 g/mol. The van der Waals surface area contributed by atoms with E-state index < -0.39 is 0 Å². The maximum absolute atomic E-state index is 12.3. The summed E-state index contributed by atoms with van der Waals surface area (Å²) in [5, 5.41) is 3.80. The zero-order chi connectivity index (χ0) is 18.8. The highest BCUT2D eigenvalue weighted by Crippen LogP contribution is 2.32. The van der Waals surface area contributed by atoms with Crippen molar-refractivity contribution in [1.82, 2.24) is 4.98 Å². The second kappa shape index (κ2) is 7.09. The molecule has 1 aromatic heterocycles. The van der Waals surface area contributed by atoms with E-state index in [1.807, 2.05) is 42.5 Å². The van der Waals surface area contributed by atoms with Crippen LogP contribution in [0.5, 0.6) is 5.75 Å². The number of benzene rings is 3. The van der Waals surface area contributed by atoms with E-state index >= 15 is 0 Å². The Balaban J connectivity index is 1.54. The molecule has 3 N–H and O–H groups in total. The van der Waals surface area contributed by atoms with E-state index in [2.05, 4.69) is 10.3 Å². The minimum atomic E-state index is -0.192. The number of nitrogen functional groups attached to an aromatic ring is 1.